The number of hydrogen-bond acceptors (Lipinski definition) is 7. The van der Waals surface area contributed by atoms with E-state index in [-0.39, 0.29) is 54.9 Å². The second kappa shape index (κ2) is 8.23. The Balaban J connectivity index is 1.58. The molecule has 1 fully saturated rings. The number of aromatic nitrogens is 2. The van der Waals surface area contributed by atoms with E-state index >= 15 is 0 Å². The van der Waals surface area contributed by atoms with Crippen LogP contribution in [0.4, 0.5) is 0 Å². The van der Waals surface area contributed by atoms with Crippen LogP contribution < -0.4 is 10.9 Å². The molecule has 0 aliphatic carbocycles. The van der Waals surface area contributed by atoms with Crippen molar-refractivity contribution >= 4 is 43.2 Å². The van der Waals surface area contributed by atoms with Crippen LogP contribution in [0.1, 0.15) is 23.8 Å². The molecule has 2 aromatic rings. The van der Waals surface area contributed by atoms with Crippen molar-refractivity contribution in [1.29, 1.82) is 0 Å². The van der Waals surface area contributed by atoms with Crippen LogP contribution in [0.2, 0.25) is 0 Å². The van der Waals surface area contributed by atoms with Crippen LogP contribution in [-0.4, -0.2) is 65.3 Å². The number of carbonyl (C=O) groups is 2. The Morgan fingerprint density at radius 3 is 2.59 bits per heavy atom. The first kappa shape index (κ1) is 21.4. The van der Waals surface area contributed by atoms with Gasteiger partial charge in [0.25, 0.3) is 5.56 Å². The molecule has 2 amide bonds. The Labute approximate surface area is 172 Å². The SMILES string of the molecule is Cc1sc2ncn(CCC(=O)NC(C)C(=O)N3CCS(=O)(=O)CC3)c(=O)c2c1C. The summed E-state index contributed by atoms with van der Waals surface area (Å²) < 4.78 is 24.4. The molecule has 0 saturated carbocycles. The molecule has 0 spiro atoms. The molecule has 158 valence electrons. The Bertz CT molecular complexity index is 1110. The van der Waals surface area contributed by atoms with Crippen LogP contribution in [0.15, 0.2) is 11.1 Å². The lowest BCUT2D eigenvalue weighted by atomic mass is 10.2. The Kier molecular flexibility index (Phi) is 6.08. The fourth-order valence-electron chi connectivity index (χ4n) is 3.23. The Morgan fingerprint density at radius 1 is 1.28 bits per heavy atom. The summed E-state index contributed by atoms with van der Waals surface area (Å²) >= 11 is 1.47. The maximum absolute atomic E-state index is 12.7. The van der Waals surface area contributed by atoms with Crippen LogP contribution >= 0.6 is 11.3 Å². The number of nitrogens with zero attached hydrogens (tertiary/aromatic N) is 3. The smallest absolute Gasteiger partial charge is 0.262 e. The topological polar surface area (TPSA) is 118 Å². The van der Waals surface area contributed by atoms with Crippen LogP contribution in [-0.2, 0) is 26.0 Å². The first-order chi connectivity index (χ1) is 13.6. The number of aryl methyl sites for hydroxylation is 3. The Hall–Kier alpha value is -2.27. The van der Waals surface area contributed by atoms with Crippen molar-refractivity contribution in [2.75, 3.05) is 24.6 Å². The lowest BCUT2D eigenvalue weighted by Crippen LogP contribution is -2.51. The van der Waals surface area contributed by atoms with E-state index in [1.54, 1.807) is 6.92 Å². The third-order valence-electron chi connectivity index (χ3n) is 5.14. The molecule has 11 heteroatoms. The van der Waals surface area contributed by atoms with Gasteiger partial charge < -0.3 is 10.2 Å². The summed E-state index contributed by atoms with van der Waals surface area (Å²) in [5.74, 6) is -0.781. The highest BCUT2D eigenvalue weighted by molar-refractivity contribution is 7.91. The van der Waals surface area contributed by atoms with Gasteiger partial charge in [0.05, 0.1) is 23.2 Å². The molecule has 0 radical (unpaired) electrons. The average molecular weight is 441 g/mol. The van der Waals surface area contributed by atoms with Gasteiger partial charge in [0, 0.05) is 30.9 Å². The minimum atomic E-state index is -3.08. The number of sulfone groups is 1. The lowest BCUT2D eigenvalue weighted by Gasteiger charge is -2.29. The Morgan fingerprint density at radius 2 is 1.93 bits per heavy atom. The predicted molar refractivity (Wildman–Crippen MR) is 111 cm³/mol. The summed E-state index contributed by atoms with van der Waals surface area (Å²) in [4.78, 5) is 44.8. The molecule has 0 bridgehead atoms. The summed E-state index contributed by atoms with van der Waals surface area (Å²) in [6, 6.07) is -0.762. The van der Waals surface area contributed by atoms with Crippen molar-refractivity contribution in [3.05, 3.63) is 27.1 Å². The summed E-state index contributed by atoms with van der Waals surface area (Å²) in [5.41, 5.74) is 0.729. The highest BCUT2D eigenvalue weighted by atomic mass is 32.2. The number of hydrogen-bond donors (Lipinski definition) is 1. The number of thiophene rings is 1. The zero-order valence-corrected chi connectivity index (χ0v) is 18.2. The van der Waals surface area contributed by atoms with Gasteiger partial charge in [-0.2, -0.15) is 0 Å². The van der Waals surface area contributed by atoms with Gasteiger partial charge in [-0.1, -0.05) is 0 Å². The number of amides is 2. The molecule has 1 atom stereocenters. The summed E-state index contributed by atoms with van der Waals surface area (Å²) in [5, 5.41) is 3.21. The van der Waals surface area contributed by atoms with E-state index in [2.05, 4.69) is 10.3 Å². The molecule has 1 aliphatic heterocycles. The average Bonchev–Trinajstić information content (AvgIpc) is 2.95. The standard InChI is InChI=1S/C18H24N4O5S2/c1-11-13(3)28-16-15(11)18(25)22(10-19-16)5-4-14(23)20-12(2)17(24)21-6-8-29(26,27)9-7-21/h10,12H,4-9H2,1-3H3,(H,20,23). The second-order valence-corrected chi connectivity index (χ2v) is 10.7. The van der Waals surface area contributed by atoms with E-state index in [0.717, 1.165) is 10.4 Å². The molecular formula is C18H24N4O5S2. The summed E-state index contributed by atoms with van der Waals surface area (Å²) in [6.45, 7) is 5.83. The maximum Gasteiger partial charge on any atom is 0.262 e. The first-order valence-corrected chi connectivity index (χ1v) is 12.0. The van der Waals surface area contributed by atoms with Gasteiger partial charge in [0.15, 0.2) is 9.84 Å². The second-order valence-electron chi connectivity index (χ2n) is 7.22. The molecule has 1 N–H and O–H groups in total. The molecule has 1 saturated heterocycles. The van der Waals surface area contributed by atoms with Crippen LogP contribution in [0.5, 0.6) is 0 Å². The van der Waals surface area contributed by atoms with E-state index in [0.29, 0.717) is 10.2 Å². The quantitative estimate of drug-likeness (QED) is 0.711. The predicted octanol–water partition coefficient (Wildman–Crippen LogP) is 0.227. The van der Waals surface area contributed by atoms with E-state index in [1.165, 1.54) is 27.1 Å². The molecular weight excluding hydrogens is 416 g/mol. The van der Waals surface area contributed by atoms with Crippen molar-refractivity contribution in [3.8, 4) is 0 Å². The highest BCUT2D eigenvalue weighted by Crippen LogP contribution is 2.25. The van der Waals surface area contributed by atoms with Gasteiger partial charge in [-0.15, -0.1) is 11.3 Å². The zero-order chi connectivity index (χ0) is 21.3. The fourth-order valence-corrected chi connectivity index (χ4v) is 5.42. The van der Waals surface area contributed by atoms with Gasteiger partial charge in [-0.25, -0.2) is 13.4 Å². The molecule has 0 aromatic carbocycles. The van der Waals surface area contributed by atoms with Gasteiger partial charge in [0.2, 0.25) is 11.8 Å². The van der Waals surface area contributed by atoms with Gasteiger partial charge in [0.1, 0.15) is 10.9 Å². The molecule has 2 aromatic heterocycles. The lowest BCUT2D eigenvalue weighted by molar-refractivity contribution is -0.135. The van der Waals surface area contributed by atoms with E-state index in [9.17, 15) is 22.8 Å². The van der Waals surface area contributed by atoms with Gasteiger partial charge in [-0.05, 0) is 26.3 Å². The molecule has 3 heterocycles. The summed E-state index contributed by atoms with van der Waals surface area (Å²) in [6.07, 6.45) is 1.47. The molecule has 9 nitrogen and oxygen atoms in total. The van der Waals surface area contributed by atoms with Gasteiger partial charge in [-0.3, -0.25) is 19.0 Å². The molecule has 1 unspecified atom stereocenters. The third-order valence-corrected chi connectivity index (χ3v) is 7.86. The molecule has 3 rings (SSSR count). The van der Waals surface area contributed by atoms with E-state index in [1.807, 2.05) is 13.8 Å². The largest absolute Gasteiger partial charge is 0.345 e. The highest BCUT2D eigenvalue weighted by Gasteiger charge is 2.28. The molecule has 1 aliphatic rings. The fraction of sp³-hybridized carbons (Fsp3) is 0.556. The minimum absolute atomic E-state index is 0.0290. The minimum Gasteiger partial charge on any atom is -0.345 e. The third kappa shape index (κ3) is 4.67. The van der Waals surface area contributed by atoms with Crippen molar-refractivity contribution in [2.45, 2.75) is 39.8 Å². The van der Waals surface area contributed by atoms with Crippen LogP contribution in [0.3, 0.4) is 0 Å². The van der Waals surface area contributed by atoms with Crippen LogP contribution in [0, 0.1) is 13.8 Å². The van der Waals surface area contributed by atoms with Crippen molar-refractivity contribution < 1.29 is 18.0 Å². The van der Waals surface area contributed by atoms with Crippen molar-refractivity contribution in [3.63, 3.8) is 0 Å². The van der Waals surface area contributed by atoms with Crippen LogP contribution in [0.25, 0.3) is 10.2 Å². The van der Waals surface area contributed by atoms with Crippen molar-refractivity contribution in [2.24, 2.45) is 0 Å². The first-order valence-electron chi connectivity index (χ1n) is 9.33. The normalized spacial score (nSPS) is 17.3. The summed E-state index contributed by atoms with van der Waals surface area (Å²) in [7, 11) is -3.08. The van der Waals surface area contributed by atoms with Gasteiger partial charge >= 0.3 is 0 Å². The number of fused-ring (bicyclic) bond motifs is 1. The number of nitrogens with one attached hydrogen (secondary N) is 1. The number of rotatable bonds is 5. The van der Waals surface area contributed by atoms with E-state index in [4.69, 9.17) is 0 Å². The maximum atomic E-state index is 12.7. The van der Waals surface area contributed by atoms with E-state index < -0.39 is 15.9 Å². The zero-order valence-electron chi connectivity index (χ0n) is 16.6. The van der Waals surface area contributed by atoms with Crippen molar-refractivity contribution in [1.82, 2.24) is 19.8 Å². The molecule has 29 heavy (non-hydrogen) atoms. The number of carbonyl (C=O) groups excluding carboxylic acids is 2. The monoisotopic (exact) mass is 440 g/mol.